The van der Waals surface area contributed by atoms with Gasteiger partial charge >= 0.3 is 0 Å². The molecule has 0 radical (unpaired) electrons. The van der Waals surface area contributed by atoms with Crippen molar-refractivity contribution >= 4 is 47.4 Å². The number of halogens is 3. The van der Waals surface area contributed by atoms with E-state index in [0.717, 1.165) is 12.3 Å². The van der Waals surface area contributed by atoms with Crippen LogP contribution < -0.4 is 5.32 Å². The molecule has 1 saturated heterocycles. The van der Waals surface area contributed by atoms with Gasteiger partial charge in [-0.1, -0.05) is 23.2 Å². The van der Waals surface area contributed by atoms with Crippen LogP contribution in [-0.4, -0.2) is 12.3 Å². The summed E-state index contributed by atoms with van der Waals surface area (Å²) in [5, 5.41) is 5.14. The number of benzene rings is 1. The van der Waals surface area contributed by atoms with E-state index in [1.54, 1.807) is 6.07 Å². The van der Waals surface area contributed by atoms with Crippen LogP contribution in [0.4, 0.5) is 0 Å². The minimum atomic E-state index is 0. The van der Waals surface area contributed by atoms with E-state index in [2.05, 4.69) is 5.32 Å². The maximum Gasteiger partial charge on any atom is 0.0791 e. The molecule has 14 heavy (non-hydrogen) atoms. The van der Waals surface area contributed by atoms with E-state index in [1.165, 1.54) is 5.56 Å². The SMILES string of the molecule is Cl.Clc1cc(Cl)cc(C2NCCS2)c1. The first-order valence-corrected chi connectivity index (χ1v) is 5.87. The highest BCUT2D eigenvalue weighted by atomic mass is 35.5. The number of nitrogens with one attached hydrogen (secondary N) is 1. The maximum absolute atomic E-state index is 5.91. The van der Waals surface area contributed by atoms with Gasteiger partial charge in [0.15, 0.2) is 0 Å². The van der Waals surface area contributed by atoms with Crippen LogP contribution in [0, 0.1) is 0 Å². The highest BCUT2D eigenvalue weighted by Crippen LogP contribution is 2.32. The molecule has 0 aliphatic carbocycles. The smallest absolute Gasteiger partial charge is 0.0791 e. The van der Waals surface area contributed by atoms with Crippen molar-refractivity contribution in [2.45, 2.75) is 5.37 Å². The van der Waals surface area contributed by atoms with Crippen molar-refractivity contribution in [1.82, 2.24) is 5.32 Å². The van der Waals surface area contributed by atoms with Crippen LogP contribution in [0.25, 0.3) is 0 Å². The molecule has 1 aromatic rings. The lowest BCUT2D eigenvalue weighted by Gasteiger charge is -2.10. The third-order valence-corrected chi connectivity index (χ3v) is 3.55. The van der Waals surface area contributed by atoms with Gasteiger partial charge in [-0.2, -0.15) is 0 Å². The molecule has 0 spiro atoms. The van der Waals surface area contributed by atoms with Crippen LogP contribution in [0.1, 0.15) is 10.9 Å². The molecule has 78 valence electrons. The molecule has 1 aromatic carbocycles. The minimum Gasteiger partial charge on any atom is -0.301 e. The zero-order valence-electron chi connectivity index (χ0n) is 7.30. The lowest BCUT2D eigenvalue weighted by atomic mass is 10.2. The molecule has 1 nitrogen and oxygen atoms in total. The van der Waals surface area contributed by atoms with Crippen molar-refractivity contribution in [1.29, 1.82) is 0 Å². The lowest BCUT2D eigenvalue weighted by Crippen LogP contribution is -2.11. The van der Waals surface area contributed by atoms with Crippen molar-refractivity contribution < 1.29 is 0 Å². The van der Waals surface area contributed by atoms with Crippen molar-refractivity contribution in [3.8, 4) is 0 Å². The van der Waals surface area contributed by atoms with Gasteiger partial charge in [-0.05, 0) is 23.8 Å². The van der Waals surface area contributed by atoms with E-state index in [1.807, 2.05) is 23.9 Å². The molecule has 1 fully saturated rings. The summed E-state index contributed by atoms with van der Waals surface area (Å²) >= 11 is 13.7. The first-order valence-electron chi connectivity index (χ1n) is 4.07. The Balaban J connectivity index is 0.000000980. The fourth-order valence-corrected chi connectivity index (χ4v) is 2.94. The molecule has 1 N–H and O–H groups in total. The van der Waals surface area contributed by atoms with E-state index in [-0.39, 0.29) is 12.4 Å². The van der Waals surface area contributed by atoms with E-state index in [9.17, 15) is 0 Å². The highest BCUT2D eigenvalue weighted by Gasteiger charge is 2.17. The van der Waals surface area contributed by atoms with Crippen molar-refractivity contribution in [3.63, 3.8) is 0 Å². The molecular formula is C9H10Cl3NS. The van der Waals surface area contributed by atoms with Crippen molar-refractivity contribution in [3.05, 3.63) is 33.8 Å². The Kier molecular flexibility index (Phi) is 4.88. The molecule has 0 bridgehead atoms. The number of hydrogen-bond acceptors (Lipinski definition) is 2. The Hall–Kier alpha value is 0.400. The number of thioether (sulfide) groups is 1. The average Bonchev–Trinajstić information content (AvgIpc) is 2.53. The molecule has 1 aliphatic rings. The van der Waals surface area contributed by atoms with Gasteiger partial charge in [-0.25, -0.2) is 0 Å². The molecule has 1 unspecified atom stereocenters. The molecule has 0 saturated carbocycles. The predicted molar refractivity (Wildman–Crippen MR) is 66.9 cm³/mol. The first-order chi connectivity index (χ1) is 6.25. The summed E-state index contributed by atoms with van der Waals surface area (Å²) in [5.41, 5.74) is 1.17. The average molecular weight is 271 g/mol. The largest absolute Gasteiger partial charge is 0.301 e. The third-order valence-electron chi connectivity index (χ3n) is 1.90. The molecule has 1 heterocycles. The molecule has 1 aliphatic heterocycles. The summed E-state index contributed by atoms with van der Waals surface area (Å²) in [6.07, 6.45) is 0. The highest BCUT2D eigenvalue weighted by molar-refractivity contribution is 7.99. The second kappa shape index (κ2) is 5.47. The van der Waals surface area contributed by atoms with Crippen LogP contribution in [-0.2, 0) is 0 Å². The zero-order valence-corrected chi connectivity index (χ0v) is 10.4. The van der Waals surface area contributed by atoms with Gasteiger partial charge in [0.25, 0.3) is 0 Å². The van der Waals surface area contributed by atoms with Gasteiger partial charge in [0.1, 0.15) is 0 Å². The molecule has 0 amide bonds. The Labute approximate surface area is 104 Å². The summed E-state index contributed by atoms with van der Waals surface area (Å²) in [4.78, 5) is 0. The monoisotopic (exact) mass is 269 g/mol. The van der Waals surface area contributed by atoms with Gasteiger partial charge in [0.05, 0.1) is 5.37 Å². The van der Waals surface area contributed by atoms with E-state index in [4.69, 9.17) is 23.2 Å². The third kappa shape index (κ3) is 2.94. The van der Waals surface area contributed by atoms with Crippen LogP contribution in [0.3, 0.4) is 0 Å². The van der Waals surface area contributed by atoms with E-state index >= 15 is 0 Å². The Morgan fingerprint density at radius 2 is 1.86 bits per heavy atom. The van der Waals surface area contributed by atoms with Crippen molar-refractivity contribution in [2.24, 2.45) is 0 Å². The van der Waals surface area contributed by atoms with Gasteiger partial charge in [-0.3, -0.25) is 0 Å². The Morgan fingerprint density at radius 1 is 1.21 bits per heavy atom. The van der Waals surface area contributed by atoms with Gasteiger partial charge in [0.2, 0.25) is 0 Å². The summed E-state index contributed by atoms with van der Waals surface area (Å²) in [6, 6.07) is 5.68. The minimum absolute atomic E-state index is 0. The van der Waals surface area contributed by atoms with Crippen molar-refractivity contribution in [2.75, 3.05) is 12.3 Å². The summed E-state index contributed by atoms with van der Waals surface area (Å²) in [6.45, 7) is 1.06. The van der Waals surface area contributed by atoms with Crippen LogP contribution in [0.5, 0.6) is 0 Å². The van der Waals surface area contributed by atoms with Crippen LogP contribution >= 0.6 is 47.4 Å². The second-order valence-corrected chi connectivity index (χ2v) is 4.99. The standard InChI is InChI=1S/C9H9Cl2NS.ClH/c10-7-3-6(4-8(11)5-7)9-12-1-2-13-9;/h3-5,9,12H,1-2H2;1H. The van der Waals surface area contributed by atoms with Crippen LogP contribution in [0.15, 0.2) is 18.2 Å². The molecule has 2 rings (SSSR count). The normalized spacial score (nSPS) is 20.6. The summed E-state index contributed by atoms with van der Waals surface area (Å²) in [5.74, 6) is 1.15. The Bertz CT molecular complexity index is 293. The Morgan fingerprint density at radius 3 is 2.36 bits per heavy atom. The lowest BCUT2D eigenvalue weighted by molar-refractivity contribution is 0.751. The number of rotatable bonds is 1. The molecule has 1 atom stereocenters. The zero-order chi connectivity index (χ0) is 9.26. The van der Waals surface area contributed by atoms with E-state index in [0.29, 0.717) is 15.4 Å². The quantitative estimate of drug-likeness (QED) is 0.834. The number of hydrogen-bond donors (Lipinski definition) is 1. The molecule has 5 heteroatoms. The van der Waals surface area contributed by atoms with Gasteiger partial charge in [-0.15, -0.1) is 24.2 Å². The fraction of sp³-hybridized carbons (Fsp3) is 0.333. The first kappa shape index (κ1) is 12.5. The molecular weight excluding hydrogens is 261 g/mol. The topological polar surface area (TPSA) is 12.0 Å². The second-order valence-electron chi connectivity index (χ2n) is 2.91. The van der Waals surface area contributed by atoms with Crippen LogP contribution in [0.2, 0.25) is 10.0 Å². The van der Waals surface area contributed by atoms with E-state index < -0.39 is 0 Å². The maximum atomic E-state index is 5.91. The molecule has 0 aromatic heterocycles. The summed E-state index contributed by atoms with van der Waals surface area (Å²) < 4.78 is 0. The fourth-order valence-electron chi connectivity index (χ4n) is 1.37. The van der Waals surface area contributed by atoms with Gasteiger partial charge < -0.3 is 5.32 Å². The van der Waals surface area contributed by atoms with Gasteiger partial charge in [0, 0.05) is 22.3 Å². The predicted octanol–water partition coefficient (Wildman–Crippen LogP) is 3.75. The summed E-state index contributed by atoms with van der Waals surface area (Å²) in [7, 11) is 0.